The second kappa shape index (κ2) is 11.4. The van der Waals surface area contributed by atoms with Crippen molar-refractivity contribution in [2.24, 2.45) is 0 Å². The first-order valence-corrected chi connectivity index (χ1v) is 9.99. The van der Waals surface area contributed by atoms with E-state index < -0.39 is 6.10 Å². The van der Waals surface area contributed by atoms with Crippen molar-refractivity contribution in [3.8, 4) is 5.75 Å². The Balaban J connectivity index is 1.58. The van der Waals surface area contributed by atoms with Gasteiger partial charge in [0.2, 0.25) is 0 Å². The molecule has 1 N–H and O–H groups in total. The third kappa shape index (κ3) is 7.06. The van der Waals surface area contributed by atoms with Crippen LogP contribution < -0.4 is 4.74 Å². The number of aromatic nitrogens is 1. The zero-order chi connectivity index (χ0) is 20.3. The standard InChI is InChI=1S/C24H30N2O3/c1-28-16-15-25(19-23(27)20-29-24-12-6-3-7-13-24)18-22-11-8-14-26(22)17-21-9-4-2-5-10-21/h2-14,23,27H,15-20H2,1H3/t23-/m1/s1. The van der Waals surface area contributed by atoms with Gasteiger partial charge in [0.05, 0.1) is 6.61 Å². The highest BCUT2D eigenvalue weighted by atomic mass is 16.5. The van der Waals surface area contributed by atoms with E-state index in [0.29, 0.717) is 13.2 Å². The Bertz CT molecular complexity index is 820. The number of ether oxygens (including phenoxy) is 2. The Morgan fingerprint density at radius 2 is 1.69 bits per heavy atom. The summed E-state index contributed by atoms with van der Waals surface area (Å²) in [6.45, 7) is 3.72. The van der Waals surface area contributed by atoms with Crippen molar-refractivity contribution >= 4 is 0 Å². The number of hydrogen-bond acceptors (Lipinski definition) is 4. The lowest BCUT2D eigenvalue weighted by atomic mass is 10.2. The first-order chi connectivity index (χ1) is 14.2. The summed E-state index contributed by atoms with van der Waals surface area (Å²) in [5.74, 6) is 0.770. The molecular formula is C24H30N2O3. The summed E-state index contributed by atoms with van der Waals surface area (Å²) >= 11 is 0. The topological polar surface area (TPSA) is 46.9 Å². The highest BCUT2D eigenvalue weighted by molar-refractivity contribution is 5.21. The lowest BCUT2D eigenvalue weighted by Gasteiger charge is -2.25. The van der Waals surface area contributed by atoms with Crippen LogP contribution in [0.25, 0.3) is 0 Å². The van der Waals surface area contributed by atoms with Gasteiger partial charge in [-0.05, 0) is 29.8 Å². The summed E-state index contributed by atoms with van der Waals surface area (Å²) in [6, 6.07) is 24.2. The number of aliphatic hydroxyl groups is 1. The van der Waals surface area contributed by atoms with Crippen molar-refractivity contribution in [1.29, 1.82) is 0 Å². The van der Waals surface area contributed by atoms with Crippen molar-refractivity contribution in [2.45, 2.75) is 19.2 Å². The van der Waals surface area contributed by atoms with Gasteiger partial charge in [-0.25, -0.2) is 0 Å². The lowest BCUT2D eigenvalue weighted by molar-refractivity contribution is 0.0534. The molecule has 0 aliphatic heterocycles. The summed E-state index contributed by atoms with van der Waals surface area (Å²) in [6.07, 6.45) is 1.52. The fourth-order valence-electron chi connectivity index (χ4n) is 3.27. The van der Waals surface area contributed by atoms with E-state index in [1.807, 2.05) is 36.4 Å². The van der Waals surface area contributed by atoms with Gasteiger partial charge in [0.15, 0.2) is 0 Å². The maximum atomic E-state index is 10.5. The van der Waals surface area contributed by atoms with Crippen molar-refractivity contribution in [2.75, 3.05) is 33.4 Å². The highest BCUT2D eigenvalue weighted by Gasteiger charge is 2.15. The first-order valence-electron chi connectivity index (χ1n) is 9.99. The third-order valence-corrected chi connectivity index (χ3v) is 4.77. The minimum atomic E-state index is -0.579. The van der Waals surface area contributed by atoms with Crippen LogP contribution in [0.15, 0.2) is 79.0 Å². The Morgan fingerprint density at radius 1 is 0.966 bits per heavy atom. The molecule has 3 rings (SSSR count). The van der Waals surface area contributed by atoms with Crippen molar-refractivity contribution in [3.05, 3.63) is 90.3 Å². The molecule has 1 aromatic heterocycles. The molecule has 154 valence electrons. The van der Waals surface area contributed by atoms with E-state index in [0.717, 1.165) is 25.4 Å². The van der Waals surface area contributed by atoms with Crippen LogP contribution >= 0.6 is 0 Å². The maximum Gasteiger partial charge on any atom is 0.119 e. The second-order valence-corrected chi connectivity index (χ2v) is 7.12. The van der Waals surface area contributed by atoms with Crippen LogP contribution in [0.4, 0.5) is 0 Å². The van der Waals surface area contributed by atoms with Gasteiger partial charge >= 0.3 is 0 Å². The van der Waals surface area contributed by atoms with Gasteiger partial charge in [-0.3, -0.25) is 4.90 Å². The molecule has 0 saturated carbocycles. The van der Waals surface area contributed by atoms with E-state index >= 15 is 0 Å². The molecule has 0 radical (unpaired) electrons. The number of hydrogen-bond donors (Lipinski definition) is 1. The molecular weight excluding hydrogens is 364 g/mol. The Morgan fingerprint density at radius 3 is 2.41 bits per heavy atom. The number of benzene rings is 2. The van der Waals surface area contributed by atoms with Crippen LogP contribution in [0.2, 0.25) is 0 Å². The van der Waals surface area contributed by atoms with E-state index in [4.69, 9.17) is 9.47 Å². The quantitative estimate of drug-likeness (QED) is 0.511. The van der Waals surface area contributed by atoms with Gasteiger partial charge in [0, 0.05) is 45.2 Å². The first kappa shape index (κ1) is 21.1. The molecule has 1 atom stereocenters. The highest BCUT2D eigenvalue weighted by Crippen LogP contribution is 2.12. The van der Waals surface area contributed by atoms with Gasteiger partial charge in [0.1, 0.15) is 18.5 Å². The fraction of sp³-hybridized carbons (Fsp3) is 0.333. The van der Waals surface area contributed by atoms with Crippen molar-refractivity contribution in [3.63, 3.8) is 0 Å². The molecule has 5 nitrogen and oxygen atoms in total. The summed E-state index contributed by atoms with van der Waals surface area (Å²) < 4.78 is 13.2. The Kier molecular flexibility index (Phi) is 8.31. The summed E-state index contributed by atoms with van der Waals surface area (Å²) in [5.41, 5.74) is 2.48. The maximum absolute atomic E-state index is 10.5. The SMILES string of the molecule is COCCN(Cc1cccn1Cc1ccccc1)C[C@@H](O)COc1ccccc1. The van der Waals surface area contributed by atoms with E-state index in [-0.39, 0.29) is 6.61 Å². The predicted molar refractivity (Wildman–Crippen MR) is 115 cm³/mol. The van der Waals surface area contributed by atoms with Crippen molar-refractivity contribution < 1.29 is 14.6 Å². The molecule has 0 unspecified atom stereocenters. The monoisotopic (exact) mass is 394 g/mol. The molecule has 0 spiro atoms. The molecule has 0 fully saturated rings. The van der Waals surface area contributed by atoms with Gasteiger partial charge in [-0.1, -0.05) is 48.5 Å². The molecule has 0 saturated heterocycles. The Hall–Kier alpha value is -2.60. The fourth-order valence-corrected chi connectivity index (χ4v) is 3.27. The van der Waals surface area contributed by atoms with Crippen molar-refractivity contribution in [1.82, 2.24) is 9.47 Å². The van der Waals surface area contributed by atoms with Crippen LogP contribution in [0.3, 0.4) is 0 Å². The minimum absolute atomic E-state index is 0.262. The average molecular weight is 395 g/mol. The van der Waals surface area contributed by atoms with Crippen LogP contribution in [0, 0.1) is 0 Å². The zero-order valence-electron chi connectivity index (χ0n) is 17.0. The summed E-state index contributed by atoms with van der Waals surface area (Å²) in [4.78, 5) is 2.21. The number of nitrogens with zero attached hydrogens (tertiary/aromatic N) is 2. The third-order valence-electron chi connectivity index (χ3n) is 4.77. The number of aliphatic hydroxyl groups excluding tert-OH is 1. The second-order valence-electron chi connectivity index (χ2n) is 7.12. The molecule has 3 aromatic rings. The predicted octanol–water partition coefficient (Wildman–Crippen LogP) is 3.42. The van der Waals surface area contributed by atoms with Gasteiger partial charge in [0.25, 0.3) is 0 Å². The minimum Gasteiger partial charge on any atom is -0.491 e. The molecule has 0 aliphatic carbocycles. The van der Waals surface area contributed by atoms with Gasteiger partial charge in [-0.15, -0.1) is 0 Å². The van der Waals surface area contributed by atoms with Gasteiger partial charge in [-0.2, -0.15) is 0 Å². The molecule has 5 heteroatoms. The smallest absolute Gasteiger partial charge is 0.119 e. The average Bonchev–Trinajstić information content (AvgIpc) is 3.18. The molecule has 0 amide bonds. The molecule has 2 aromatic carbocycles. The zero-order valence-corrected chi connectivity index (χ0v) is 17.0. The molecule has 1 heterocycles. The lowest BCUT2D eigenvalue weighted by Crippen LogP contribution is -2.37. The normalized spacial score (nSPS) is 12.2. The number of methoxy groups -OCH3 is 1. The van der Waals surface area contributed by atoms with Gasteiger partial charge < -0.3 is 19.1 Å². The largest absolute Gasteiger partial charge is 0.491 e. The van der Waals surface area contributed by atoms with E-state index in [1.165, 1.54) is 11.3 Å². The summed E-state index contributed by atoms with van der Waals surface area (Å²) in [5, 5.41) is 10.5. The van der Waals surface area contributed by atoms with E-state index in [2.05, 4.69) is 52.1 Å². The number of para-hydroxylation sites is 1. The molecule has 0 bridgehead atoms. The van der Waals surface area contributed by atoms with E-state index in [9.17, 15) is 5.11 Å². The van der Waals surface area contributed by atoms with E-state index in [1.54, 1.807) is 7.11 Å². The number of rotatable bonds is 12. The molecule has 29 heavy (non-hydrogen) atoms. The molecule has 0 aliphatic rings. The van der Waals surface area contributed by atoms with Crippen LogP contribution in [-0.4, -0.2) is 54.1 Å². The van der Waals surface area contributed by atoms with Crippen LogP contribution in [-0.2, 0) is 17.8 Å². The summed E-state index contributed by atoms with van der Waals surface area (Å²) in [7, 11) is 1.70. The van der Waals surface area contributed by atoms with Crippen LogP contribution in [0.5, 0.6) is 5.75 Å². The van der Waals surface area contributed by atoms with Crippen LogP contribution in [0.1, 0.15) is 11.3 Å². The Labute approximate surface area is 173 Å².